The number of aromatic nitrogens is 1. The van der Waals surface area contributed by atoms with Crippen LogP contribution in [-0.4, -0.2) is 30.0 Å². The second-order valence-electron chi connectivity index (χ2n) is 6.10. The van der Waals surface area contributed by atoms with Crippen molar-refractivity contribution < 1.29 is 4.79 Å². The van der Waals surface area contributed by atoms with Gasteiger partial charge in [-0.2, -0.15) is 0 Å². The molecule has 1 amide bonds. The minimum absolute atomic E-state index is 0.135. The number of anilines is 2. The Kier molecular flexibility index (Phi) is 4.07. The lowest BCUT2D eigenvalue weighted by Gasteiger charge is -2.43. The van der Waals surface area contributed by atoms with Gasteiger partial charge in [0, 0.05) is 13.1 Å². The average Bonchev–Trinajstić information content (AvgIpc) is 2.74. The average molecular weight is 308 g/mol. The number of halogens is 1. The summed E-state index contributed by atoms with van der Waals surface area (Å²) >= 11 is 6.10. The molecule has 1 unspecified atom stereocenters. The van der Waals surface area contributed by atoms with E-state index in [9.17, 15) is 4.79 Å². The van der Waals surface area contributed by atoms with E-state index in [1.54, 1.807) is 11.0 Å². The molecule has 1 aliphatic heterocycles. The van der Waals surface area contributed by atoms with Crippen LogP contribution in [0.25, 0.3) is 0 Å². The van der Waals surface area contributed by atoms with Crippen molar-refractivity contribution >= 4 is 29.0 Å². The van der Waals surface area contributed by atoms with Crippen LogP contribution in [0.2, 0.25) is 5.15 Å². The first-order valence-electron chi connectivity index (χ1n) is 7.82. The minimum atomic E-state index is -0.170. The first kappa shape index (κ1) is 14.6. The van der Waals surface area contributed by atoms with Crippen molar-refractivity contribution in [2.24, 2.45) is 0 Å². The molecule has 3 rings (SSSR count). The van der Waals surface area contributed by atoms with Crippen molar-refractivity contribution in [3.05, 3.63) is 17.3 Å². The van der Waals surface area contributed by atoms with Gasteiger partial charge in [0.1, 0.15) is 11.2 Å². The third-order valence-electron chi connectivity index (χ3n) is 4.75. The molecular formula is C16H22ClN3O. The zero-order chi connectivity index (χ0) is 15.0. The molecule has 0 N–H and O–H groups in total. The number of amides is 1. The van der Waals surface area contributed by atoms with Gasteiger partial charge in [-0.25, -0.2) is 4.98 Å². The monoisotopic (exact) mass is 307 g/mol. The lowest BCUT2D eigenvalue weighted by molar-refractivity contribution is -0.119. The highest BCUT2D eigenvalue weighted by atomic mass is 35.5. The number of fused-ring (bicyclic) bond motifs is 1. The largest absolute Gasteiger partial charge is 0.340 e. The smallest absolute Gasteiger partial charge is 0.249 e. The Hall–Kier alpha value is -1.29. The molecular weight excluding hydrogens is 286 g/mol. The van der Waals surface area contributed by atoms with Crippen LogP contribution < -0.4 is 9.80 Å². The molecule has 1 aromatic rings. The lowest BCUT2D eigenvalue weighted by Crippen LogP contribution is -2.55. The van der Waals surface area contributed by atoms with Crippen molar-refractivity contribution in [1.29, 1.82) is 0 Å². The van der Waals surface area contributed by atoms with Gasteiger partial charge < -0.3 is 9.80 Å². The summed E-state index contributed by atoms with van der Waals surface area (Å²) in [4.78, 5) is 21.0. The van der Waals surface area contributed by atoms with E-state index < -0.39 is 0 Å². The van der Waals surface area contributed by atoms with E-state index in [2.05, 4.69) is 9.88 Å². The highest BCUT2D eigenvalue weighted by Gasteiger charge is 2.38. The van der Waals surface area contributed by atoms with Gasteiger partial charge in [0.15, 0.2) is 5.82 Å². The van der Waals surface area contributed by atoms with Gasteiger partial charge in [-0.05, 0) is 31.9 Å². The number of carbonyl (C=O) groups is 1. The normalized spacial score (nSPS) is 24.0. The van der Waals surface area contributed by atoms with Crippen LogP contribution in [0.3, 0.4) is 0 Å². The van der Waals surface area contributed by atoms with Gasteiger partial charge in [0.2, 0.25) is 5.91 Å². The fourth-order valence-electron chi connectivity index (χ4n) is 3.60. The van der Waals surface area contributed by atoms with Gasteiger partial charge in [0.05, 0.1) is 5.69 Å². The fraction of sp³-hybridized carbons (Fsp3) is 0.625. The highest BCUT2D eigenvalue weighted by Crippen LogP contribution is 2.38. The Morgan fingerprint density at radius 1 is 1.19 bits per heavy atom. The summed E-state index contributed by atoms with van der Waals surface area (Å²) in [7, 11) is 1.82. The zero-order valence-corrected chi connectivity index (χ0v) is 13.4. The van der Waals surface area contributed by atoms with Gasteiger partial charge in [-0.1, -0.05) is 37.3 Å². The molecule has 114 valence electrons. The van der Waals surface area contributed by atoms with Crippen molar-refractivity contribution in [1.82, 2.24) is 4.98 Å². The summed E-state index contributed by atoms with van der Waals surface area (Å²) < 4.78 is 0. The highest BCUT2D eigenvalue weighted by molar-refractivity contribution is 6.29. The molecule has 5 heteroatoms. The number of hydrogen-bond donors (Lipinski definition) is 0. The second kappa shape index (κ2) is 5.84. The van der Waals surface area contributed by atoms with E-state index >= 15 is 0 Å². The molecule has 0 saturated heterocycles. The van der Waals surface area contributed by atoms with Crippen LogP contribution in [0.15, 0.2) is 12.1 Å². The van der Waals surface area contributed by atoms with Crippen LogP contribution >= 0.6 is 11.6 Å². The number of hydrogen-bond acceptors (Lipinski definition) is 3. The molecule has 0 radical (unpaired) electrons. The van der Waals surface area contributed by atoms with Crippen LogP contribution in [0.5, 0.6) is 0 Å². The van der Waals surface area contributed by atoms with E-state index in [4.69, 9.17) is 11.6 Å². The standard InChI is InChI=1S/C16H22ClN3O/c1-11-16(21)19(2)13-9-10-14(17)18-15(13)20(11)12-7-5-3-4-6-8-12/h9-12H,3-8H2,1-2H3. The molecule has 1 saturated carbocycles. The Balaban J connectivity index is 2.03. The molecule has 2 aliphatic rings. The van der Waals surface area contributed by atoms with E-state index in [1.165, 1.54) is 25.7 Å². The van der Waals surface area contributed by atoms with E-state index in [-0.39, 0.29) is 11.9 Å². The summed E-state index contributed by atoms with van der Waals surface area (Å²) in [6.45, 7) is 1.98. The first-order valence-corrected chi connectivity index (χ1v) is 8.20. The topological polar surface area (TPSA) is 36.4 Å². The van der Waals surface area contributed by atoms with Gasteiger partial charge in [-0.15, -0.1) is 0 Å². The predicted octanol–water partition coefficient (Wildman–Crippen LogP) is 3.63. The summed E-state index contributed by atoms with van der Waals surface area (Å²) in [5.74, 6) is 1.000. The molecule has 4 nitrogen and oxygen atoms in total. The van der Waals surface area contributed by atoms with E-state index in [0.29, 0.717) is 11.2 Å². The molecule has 1 aliphatic carbocycles. The van der Waals surface area contributed by atoms with Crippen LogP contribution in [0.1, 0.15) is 45.4 Å². The second-order valence-corrected chi connectivity index (χ2v) is 6.49. The number of rotatable bonds is 1. The molecule has 1 atom stereocenters. The van der Waals surface area contributed by atoms with Gasteiger partial charge in [-0.3, -0.25) is 4.79 Å². The molecule has 0 bridgehead atoms. The maximum atomic E-state index is 12.5. The third-order valence-corrected chi connectivity index (χ3v) is 4.96. The maximum Gasteiger partial charge on any atom is 0.249 e. The predicted molar refractivity (Wildman–Crippen MR) is 86.1 cm³/mol. The van der Waals surface area contributed by atoms with Crippen LogP contribution in [0.4, 0.5) is 11.5 Å². The number of pyridine rings is 1. The Labute approximate surface area is 131 Å². The van der Waals surface area contributed by atoms with Crippen molar-refractivity contribution in [3.8, 4) is 0 Å². The summed E-state index contributed by atoms with van der Waals surface area (Å²) in [6.07, 6.45) is 7.32. The third kappa shape index (κ3) is 2.61. The van der Waals surface area contributed by atoms with Gasteiger partial charge >= 0.3 is 0 Å². The van der Waals surface area contributed by atoms with Crippen molar-refractivity contribution in [3.63, 3.8) is 0 Å². The SMILES string of the molecule is CC1C(=O)N(C)c2ccc(Cl)nc2N1C1CCCCCC1. The summed E-state index contributed by atoms with van der Waals surface area (Å²) in [6, 6.07) is 3.88. The van der Waals surface area contributed by atoms with Crippen LogP contribution in [0, 0.1) is 0 Å². The molecule has 0 spiro atoms. The van der Waals surface area contributed by atoms with E-state index in [1.807, 2.05) is 20.0 Å². The quantitative estimate of drug-likeness (QED) is 0.587. The van der Waals surface area contributed by atoms with Crippen molar-refractivity contribution in [2.75, 3.05) is 16.8 Å². The first-order chi connectivity index (χ1) is 10.1. The molecule has 0 aromatic carbocycles. The van der Waals surface area contributed by atoms with Crippen molar-refractivity contribution in [2.45, 2.75) is 57.5 Å². The fourth-order valence-corrected chi connectivity index (χ4v) is 3.74. The number of nitrogens with zero attached hydrogens (tertiary/aromatic N) is 3. The molecule has 2 heterocycles. The molecule has 1 aromatic heterocycles. The number of carbonyl (C=O) groups excluding carboxylic acids is 1. The zero-order valence-electron chi connectivity index (χ0n) is 12.7. The Morgan fingerprint density at radius 2 is 1.86 bits per heavy atom. The Bertz CT molecular complexity index is 540. The van der Waals surface area contributed by atoms with Crippen LogP contribution in [-0.2, 0) is 4.79 Å². The lowest BCUT2D eigenvalue weighted by atomic mass is 10.0. The van der Waals surface area contributed by atoms with Gasteiger partial charge in [0.25, 0.3) is 0 Å². The minimum Gasteiger partial charge on any atom is -0.340 e. The molecule has 21 heavy (non-hydrogen) atoms. The number of likely N-dealkylation sites (N-methyl/N-ethyl adjacent to an activating group) is 1. The van der Waals surface area contributed by atoms with E-state index in [0.717, 1.165) is 24.3 Å². The Morgan fingerprint density at radius 3 is 2.52 bits per heavy atom. The summed E-state index contributed by atoms with van der Waals surface area (Å²) in [5, 5.41) is 0.488. The summed E-state index contributed by atoms with van der Waals surface area (Å²) in [5.41, 5.74) is 0.867. The molecule has 1 fully saturated rings. The maximum absolute atomic E-state index is 12.5.